The molecular weight excluding hydrogens is 167 g/mol. The highest BCUT2D eigenvalue weighted by atomic mass is 19.1. The molecule has 0 N–H and O–H groups in total. The first-order valence-corrected chi connectivity index (χ1v) is 4.24. The van der Waals surface area contributed by atoms with Gasteiger partial charge in [0.05, 0.1) is 0 Å². The molecule has 13 heavy (non-hydrogen) atoms. The van der Waals surface area contributed by atoms with E-state index in [1.165, 1.54) is 12.1 Å². The van der Waals surface area contributed by atoms with Gasteiger partial charge in [-0.25, -0.2) is 4.39 Å². The molecule has 0 fully saturated rings. The minimum Gasteiger partial charge on any atom is -0.298 e. The van der Waals surface area contributed by atoms with E-state index < -0.39 is 0 Å². The Hall–Kier alpha value is -1.44. The van der Waals surface area contributed by atoms with Crippen LogP contribution in [0.15, 0.2) is 23.8 Å². The van der Waals surface area contributed by atoms with E-state index in [-0.39, 0.29) is 5.82 Å². The Kier molecular flexibility index (Phi) is 1.97. The zero-order valence-electron chi connectivity index (χ0n) is 7.09. The number of halogens is 1. The Balaban J connectivity index is 2.49. The first-order valence-electron chi connectivity index (χ1n) is 4.24. The third-order valence-electron chi connectivity index (χ3n) is 2.28. The van der Waals surface area contributed by atoms with Gasteiger partial charge in [0.25, 0.3) is 0 Å². The van der Waals surface area contributed by atoms with Gasteiger partial charge < -0.3 is 0 Å². The molecule has 0 amide bonds. The molecule has 1 nitrogen and oxygen atoms in total. The van der Waals surface area contributed by atoms with Crippen molar-refractivity contribution in [2.24, 2.45) is 0 Å². The second kappa shape index (κ2) is 3.13. The third kappa shape index (κ3) is 1.52. The minimum absolute atomic E-state index is 0.248. The molecule has 0 aromatic heterocycles. The van der Waals surface area contributed by atoms with Crippen molar-refractivity contribution in [3.05, 3.63) is 40.7 Å². The fraction of sp³-hybridized carbons (Fsp3) is 0.182. The average Bonchev–Trinajstić information content (AvgIpc) is 2.16. The summed E-state index contributed by atoms with van der Waals surface area (Å²) >= 11 is 0. The van der Waals surface area contributed by atoms with E-state index in [0.717, 1.165) is 35.8 Å². The van der Waals surface area contributed by atoms with Crippen molar-refractivity contribution in [3.63, 3.8) is 0 Å². The number of hydrogen-bond donors (Lipinski definition) is 0. The number of hydrogen-bond acceptors (Lipinski definition) is 1. The first-order chi connectivity index (χ1) is 6.29. The summed E-state index contributed by atoms with van der Waals surface area (Å²) in [5, 5.41) is 0. The number of benzene rings is 1. The van der Waals surface area contributed by atoms with Crippen molar-refractivity contribution in [2.75, 3.05) is 0 Å². The van der Waals surface area contributed by atoms with Gasteiger partial charge in [0.1, 0.15) is 12.1 Å². The van der Waals surface area contributed by atoms with Crippen molar-refractivity contribution in [1.29, 1.82) is 0 Å². The molecule has 66 valence electrons. The molecule has 0 aliphatic heterocycles. The zero-order valence-corrected chi connectivity index (χ0v) is 7.09. The van der Waals surface area contributed by atoms with Gasteiger partial charge in [-0.1, -0.05) is 6.07 Å². The number of fused-ring (bicyclic) bond motifs is 1. The molecule has 0 heterocycles. The number of allylic oxidation sites excluding steroid dienone is 1. The molecule has 2 heteroatoms. The second-order valence-electron chi connectivity index (χ2n) is 3.18. The van der Waals surface area contributed by atoms with Gasteiger partial charge in [-0.05, 0) is 47.8 Å². The van der Waals surface area contributed by atoms with Crippen LogP contribution in [0.25, 0.3) is 6.08 Å². The van der Waals surface area contributed by atoms with E-state index in [0.29, 0.717) is 0 Å². The quantitative estimate of drug-likeness (QED) is 0.600. The van der Waals surface area contributed by atoms with E-state index in [2.05, 4.69) is 0 Å². The molecule has 0 saturated heterocycles. The van der Waals surface area contributed by atoms with Gasteiger partial charge in [-0.2, -0.15) is 0 Å². The number of carbonyl (C=O) groups is 1. The van der Waals surface area contributed by atoms with Crippen LogP contribution in [0.5, 0.6) is 0 Å². The van der Waals surface area contributed by atoms with Crippen molar-refractivity contribution in [2.45, 2.75) is 12.8 Å². The summed E-state index contributed by atoms with van der Waals surface area (Å²) in [4.78, 5) is 10.5. The highest BCUT2D eigenvalue weighted by Crippen LogP contribution is 2.23. The summed E-state index contributed by atoms with van der Waals surface area (Å²) in [6.07, 6.45) is 4.20. The van der Waals surface area contributed by atoms with Crippen LogP contribution >= 0.6 is 0 Å². The Morgan fingerprint density at radius 3 is 2.92 bits per heavy atom. The zero-order chi connectivity index (χ0) is 9.26. The van der Waals surface area contributed by atoms with E-state index in [9.17, 15) is 9.18 Å². The monoisotopic (exact) mass is 176 g/mol. The summed E-state index contributed by atoms with van der Waals surface area (Å²) in [5.41, 5.74) is 2.71. The summed E-state index contributed by atoms with van der Waals surface area (Å²) in [6.45, 7) is 0. The Morgan fingerprint density at radius 1 is 1.31 bits per heavy atom. The highest BCUT2D eigenvalue weighted by Gasteiger charge is 2.09. The maximum absolute atomic E-state index is 12.8. The first kappa shape index (κ1) is 8.17. The SMILES string of the molecule is O=CC1=Cc2cc(F)ccc2CC1. The fourth-order valence-electron chi connectivity index (χ4n) is 1.57. The summed E-state index contributed by atoms with van der Waals surface area (Å²) in [7, 11) is 0. The van der Waals surface area contributed by atoms with Crippen LogP contribution in [0.2, 0.25) is 0 Å². The van der Waals surface area contributed by atoms with Crippen molar-refractivity contribution < 1.29 is 9.18 Å². The van der Waals surface area contributed by atoms with E-state index >= 15 is 0 Å². The molecule has 0 spiro atoms. The standard InChI is InChI=1S/C11H9FO/c12-11-4-3-9-2-1-8(7-13)5-10(9)6-11/h3-7H,1-2H2. The van der Waals surface area contributed by atoms with Gasteiger partial charge >= 0.3 is 0 Å². The fourth-order valence-corrected chi connectivity index (χ4v) is 1.57. The number of aldehydes is 1. The van der Waals surface area contributed by atoms with Crippen LogP contribution in [-0.4, -0.2) is 6.29 Å². The third-order valence-corrected chi connectivity index (χ3v) is 2.28. The van der Waals surface area contributed by atoms with E-state index in [1.807, 2.05) is 0 Å². The lowest BCUT2D eigenvalue weighted by atomic mass is 9.93. The molecule has 1 aliphatic rings. The molecule has 0 atom stereocenters. The maximum atomic E-state index is 12.8. The molecule has 0 unspecified atom stereocenters. The maximum Gasteiger partial charge on any atom is 0.146 e. The lowest BCUT2D eigenvalue weighted by Crippen LogP contribution is -2.00. The molecule has 0 radical (unpaired) electrons. The van der Waals surface area contributed by atoms with Crippen LogP contribution in [0.1, 0.15) is 17.5 Å². The molecular formula is C11H9FO. The normalized spacial score (nSPS) is 14.7. The predicted molar refractivity (Wildman–Crippen MR) is 48.8 cm³/mol. The average molecular weight is 176 g/mol. The molecule has 0 saturated carbocycles. The highest BCUT2D eigenvalue weighted by molar-refractivity contribution is 5.83. The van der Waals surface area contributed by atoms with E-state index in [1.54, 1.807) is 12.1 Å². The van der Waals surface area contributed by atoms with E-state index in [4.69, 9.17) is 0 Å². The largest absolute Gasteiger partial charge is 0.298 e. The molecule has 1 aromatic rings. The van der Waals surface area contributed by atoms with Crippen molar-refractivity contribution >= 4 is 12.4 Å². The van der Waals surface area contributed by atoms with Crippen LogP contribution in [0, 0.1) is 5.82 Å². The van der Waals surface area contributed by atoms with Gasteiger partial charge in [-0.15, -0.1) is 0 Å². The lowest BCUT2D eigenvalue weighted by molar-refractivity contribution is -0.105. The van der Waals surface area contributed by atoms with Crippen LogP contribution in [0.4, 0.5) is 4.39 Å². The Morgan fingerprint density at radius 2 is 2.15 bits per heavy atom. The van der Waals surface area contributed by atoms with Gasteiger partial charge in [0.15, 0.2) is 0 Å². The number of carbonyl (C=O) groups excluding carboxylic acids is 1. The van der Waals surface area contributed by atoms with Gasteiger partial charge in [0.2, 0.25) is 0 Å². The molecule has 0 bridgehead atoms. The van der Waals surface area contributed by atoms with Crippen LogP contribution in [0.3, 0.4) is 0 Å². The lowest BCUT2D eigenvalue weighted by Gasteiger charge is -2.12. The predicted octanol–water partition coefficient (Wildman–Crippen LogP) is 2.35. The van der Waals surface area contributed by atoms with Crippen LogP contribution < -0.4 is 0 Å². The summed E-state index contributed by atoms with van der Waals surface area (Å²) in [6, 6.07) is 4.71. The van der Waals surface area contributed by atoms with Crippen molar-refractivity contribution in [1.82, 2.24) is 0 Å². The Bertz CT molecular complexity index is 380. The number of rotatable bonds is 1. The topological polar surface area (TPSA) is 17.1 Å². The Labute approximate surface area is 75.9 Å². The molecule has 2 rings (SSSR count). The smallest absolute Gasteiger partial charge is 0.146 e. The number of aryl methyl sites for hydroxylation is 1. The van der Waals surface area contributed by atoms with Crippen molar-refractivity contribution in [3.8, 4) is 0 Å². The van der Waals surface area contributed by atoms with Gasteiger partial charge in [0, 0.05) is 0 Å². The molecule has 1 aliphatic carbocycles. The van der Waals surface area contributed by atoms with Crippen LogP contribution in [-0.2, 0) is 11.2 Å². The second-order valence-corrected chi connectivity index (χ2v) is 3.18. The summed E-state index contributed by atoms with van der Waals surface area (Å²) < 4.78 is 12.8. The summed E-state index contributed by atoms with van der Waals surface area (Å²) in [5.74, 6) is -0.248. The van der Waals surface area contributed by atoms with Gasteiger partial charge in [-0.3, -0.25) is 4.79 Å². The minimum atomic E-state index is -0.248. The molecule has 1 aromatic carbocycles.